The number of hydrogen-bond acceptors (Lipinski definition) is 2. The molecule has 98 valence electrons. The quantitative estimate of drug-likeness (QED) is 0.897. The standard InChI is InChI=1S/C14H13FN2O2/c1-9-7-10(2)17(13(18)8-9)16-14(19)11-5-3-4-6-12(11)15/h3-8H,1-2H3,(H,16,19). The van der Waals surface area contributed by atoms with Gasteiger partial charge in [0.05, 0.1) is 5.56 Å². The fourth-order valence-corrected chi connectivity index (χ4v) is 1.82. The monoisotopic (exact) mass is 260 g/mol. The lowest BCUT2D eigenvalue weighted by Crippen LogP contribution is -2.34. The molecule has 0 fully saturated rings. The smallest absolute Gasteiger partial charge is 0.267 e. The number of benzene rings is 1. The number of carbonyl (C=O) groups excluding carboxylic acids is 1. The van der Waals surface area contributed by atoms with Crippen LogP contribution in [0.2, 0.25) is 0 Å². The zero-order chi connectivity index (χ0) is 14.0. The van der Waals surface area contributed by atoms with Crippen LogP contribution in [-0.2, 0) is 0 Å². The Morgan fingerprint density at radius 2 is 1.89 bits per heavy atom. The van der Waals surface area contributed by atoms with Crippen LogP contribution in [0.4, 0.5) is 4.39 Å². The van der Waals surface area contributed by atoms with Gasteiger partial charge in [-0.3, -0.25) is 15.0 Å². The molecule has 0 aliphatic carbocycles. The van der Waals surface area contributed by atoms with E-state index in [9.17, 15) is 14.0 Å². The summed E-state index contributed by atoms with van der Waals surface area (Å²) in [5.74, 6) is -1.29. The van der Waals surface area contributed by atoms with Gasteiger partial charge >= 0.3 is 0 Å². The SMILES string of the molecule is Cc1cc(C)n(NC(=O)c2ccccc2F)c(=O)c1. The van der Waals surface area contributed by atoms with Crippen LogP contribution in [0.5, 0.6) is 0 Å². The Morgan fingerprint density at radius 1 is 1.21 bits per heavy atom. The molecule has 0 unspecified atom stereocenters. The zero-order valence-electron chi connectivity index (χ0n) is 10.6. The predicted molar refractivity (Wildman–Crippen MR) is 70.3 cm³/mol. The summed E-state index contributed by atoms with van der Waals surface area (Å²) in [5, 5.41) is 0. The predicted octanol–water partition coefficient (Wildman–Crippen LogP) is 1.99. The second-order valence-corrected chi connectivity index (χ2v) is 4.27. The summed E-state index contributed by atoms with van der Waals surface area (Å²) in [6, 6.07) is 8.76. The van der Waals surface area contributed by atoms with E-state index in [-0.39, 0.29) is 11.1 Å². The lowest BCUT2D eigenvalue weighted by Gasteiger charge is -2.12. The normalized spacial score (nSPS) is 10.3. The summed E-state index contributed by atoms with van der Waals surface area (Å²) in [5.41, 5.74) is 3.31. The molecule has 2 rings (SSSR count). The number of amides is 1. The number of hydrogen-bond donors (Lipinski definition) is 1. The van der Waals surface area contributed by atoms with Crippen LogP contribution in [-0.4, -0.2) is 10.6 Å². The Hall–Kier alpha value is -2.43. The Bertz CT molecular complexity index is 692. The van der Waals surface area contributed by atoms with Crippen molar-refractivity contribution in [3.05, 3.63) is 69.4 Å². The van der Waals surface area contributed by atoms with Gasteiger partial charge in [-0.05, 0) is 37.6 Å². The van der Waals surface area contributed by atoms with Crippen molar-refractivity contribution in [1.82, 2.24) is 4.68 Å². The van der Waals surface area contributed by atoms with Gasteiger partial charge in [0.25, 0.3) is 11.5 Å². The molecule has 0 saturated carbocycles. The summed E-state index contributed by atoms with van der Waals surface area (Å²) < 4.78 is 14.6. The fourth-order valence-electron chi connectivity index (χ4n) is 1.82. The first kappa shape index (κ1) is 13.0. The molecule has 5 heteroatoms. The maximum atomic E-state index is 13.5. The Labute approximate surface area is 109 Å². The molecule has 0 saturated heterocycles. The van der Waals surface area contributed by atoms with Gasteiger partial charge in [-0.15, -0.1) is 0 Å². The first-order chi connectivity index (χ1) is 8.99. The summed E-state index contributed by atoms with van der Waals surface area (Å²) in [6.07, 6.45) is 0. The van der Waals surface area contributed by atoms with Crippen LogP contribution >= 0.6 is 0 Å². The molecule has 1 heterocycles. The third-order valence-corrected chi connectivity index (χ3v) is 2.69. The van der Waals surface area contributed by atoms with Crippen LogP contribution in [0, 0.1) is 19.7 Å². The molecule has 1 amide bonds. The highest BCUT2D eigenvalue weighted by atomic mass is 19.1. The van der Waals surface area contributed by atoms with E-state index in [1.807, 2.05) is 0 Å². The van der Waals surface area contributed by atoms with Gasteiger partial charge in [-0.1, -0.05) is 12.1 Å². The minimum atomic E-state index is -0.660. The largest absolute Gasteiger partial charge is 0.273 e. The van der Waals surface area contributed by atoms with Crippen LogP contribution < -0.4 is 11.0 Å². The maximum absolute atomic E-state index is 13.5. The summed E-state index contributed by atoms with van der Waals surface area (Å²) in [6.45, 7) is 3.48. The molecule has 19 heavy (non-hydrogen) atoms. The molecule has 4 nitrogen and oxygen atoms in total. The molecule has 1 N–H and O–H groups in total. The molecule has 1 aromatic carbocycles. The average molecular weight is 260 g/mol. The van der Waals surface area contributed by atoms with Crippen molar-refractivity contribution >= 4 is 5.91 Å². The second-order valence-electron chi connectivity index (χ2n) is 4.27. The van der Waals surface area contributed by atoms with Crippen LogP contribution in [0.15, 0.2) is 41.2 Å². The molecule has 0 aliphatic rings. The minimum absolute atomic E-state index is 0.102. The number of aryl methyl sites for hydroxylation is 2. The molecule has 0 bridgehead atoms. The number of aromatic nitrogens is 1. The third kappa shape index (κ3) is 2.70. The highest BCUT2D eigenvalue weighted by Crippen LogP contribution is 2.06. The van der Waals surface area contributed by atoms with Gasteiger partial charge in [0.15, 0.2) is 0 Å². The van der Waals surface area contributed by atoms with Gasteiger partial charge in [-0.25, -0.2) is 9.07 Å². The first-order valence-electron chi connectivity index (χ1n) is 5.75. The molecular weight excluding hydrogens is 247 g/mol. The molecule has 0 radical (unpaired) electrons. The molecule has 0 atom stereocenters. The Morgan fingerprint density at radius 3 is 2.53 bits per heavy atom. The van der Waals surface area contributed by atoms with Crippen molar-refractivity contribution in [1.29, 1.82) is 0 Å². The number of carbonyl (C=O) groups is 1. The van der Waals surface area contributed by atoms with E-state index in [0.717, 1.165) is 10.2 Å². The number of pyridine rings is 1. The van der Waals surface area contributed by atoms with E-state index >= 15 is 0 Å². The number of nitrogens with zero attached hydrogens (tertiary/aromatic N) is 1. The highest BCUT2D eigenvalue weighted by Gasteiger charge is 2.12. The van der Waals surface area contributed by atoms with Gasteiger partial charge in [-0.2, -0.15) is 0 Å². The molecule has 1 aromatic heterocycles. The average Bonchev–Trinajstić information content (AvgIpc) is 2.34. The van der Waals surface area contributed by atoms with E-state index in [0.29, 0.717) is 5.69 Å². The van der Waals surface area contributed by atoms with Crippen molar-refractivity contribution in [2.24, 2.45) is 0 Å². The van der Waals surface area contributed by atoms with Crippen molar-refractivity contribution in [2.75, 3.05) is 5.43 Å². The Balaban J connectivity index is 2.35. The van der Waals surface area contributed by atoms with Gasteiger partial charge in [0.1, 0.15) is 5.82 Å². The van der Waals surface area contributed by atoms with Crippen molar-refractivity contribution in [3.8, 4) is 0 Å². The summed E-state index contributed by atoms with van der Waals surface area (Å²) >= 11 is 0. The van der Waals surface area contributed by atoms with Gasteiger partial charge in [0.2, 0.25) is 0 Å². The highest BCUT2D eigenvalue weighted by molar-refractivity contribution is 6.00. The first-order valence-corrected chi connectivity index (χ1v) is 5.75. The van der Waals surface area contributed by atoms with Crippen molar-refractivity contribution in [3.63, 3.8) is 0 Å². The molecule has 0 aliphatic heterocycles. The lowest BCUT2D eigenvalue weighted by molar-refractivity contribution is 0.100. The van der Waals surface area contributed by atoms with Crippen LogP contribution in [0.25, 0.3) is 0 Å². The number of halogens is 1. The van der Waals surface area contributed by atoms with E-state index in [1.165, 1.54) is 24.3 Å². The summed E-state index contributed by atoms with van der Waals surface area (Å²) in [4.78, 5) is 23.7. The van der Waals surface area contributed by atoms with E-state index in [4.69, 9.17) is 0 Å². The van der Waals surface area contributed by atoms with E-state index in [2.05, 4.69) is 5.43 Å². The fraction of sp³-hybridized carbons (Fsp3) is 0.143. The van der Waals surface area contributed by atoms with E-state index in [1.54, 1.807) is 26.0 Å². The van der Waals surface area contributed by atoms with Crippen molar-refractivity contribution < 1.29 is 9.18 Å². The van der Waals surface area contributed by atoms with Crippen LogP contribution in [0.3, 0.4) is 0 Å². The number of rotatable bonds is 2. The van der Waals surface area contributed by atoms with Crippen LogP contribution in [0.1, 0.15) is 21.6 Å². The molecular formula is C14H13FN2O2. The summed E-state index contributed by atoms with van der Waals surface area (Å²) in [7, 11) is 0. The minimum Gasteiger partial charge on any atom is -0.267 e. The molecule has 2 aromatic rings. The van der Waals surface area contributed by atoms with Gasteiger partial charge in [0, 0.05) is 11.8 Å². The zero-order valence-corrected chi connectivity index (χ0v) is 10.6. The van der Waals surface area contributed by atoms with Crippen molar-refractivity contribution in [2.45, 2.75) is 13.8 Å². The third-order valence-electron chi connectivity index (χ3n) is 2.69. The van der Waals surface area contributed by atoms with Gasteiger partial charge < -0.3 is 0 Å². The Kier molecular flexibility index (Phi) is 3.46. The lowest BCUT2D eigenvalue weighted by atomic mass is 10.2. The second kappa shape index (κ2) is 5.06. The molecule has 0 spiro atoms. The van der Waals surface area contributed by atoms with E-state index < -0.39 is 11.7 Å². The maximum Gasteiger partial charge on any atom is 0.273 e. The topological polar surface area (TPSA) is 51.1 Å². The number of nitrogens with one attached hydrogen (secondary N) is 1.